The molecule has 1 aromatic carbocycles. The zero-order chi connectivity index (χ0) is 18.3. The molecular formula is C12H11F3N4O4S. The summed E-state index contributed by atoms with van der Waals surface area (Å²) in [4.78, 5) is 11.9. The van der Waals surface area contributed by atoms with Crippen LogP contribution < -0.4 is 5.32 Å². The van der Waals surface area contributed by atoms with Crippen molar-refractivity contribution in [3.8, 4) is 5.75 Å². The molecule has 2 aromatic rings. The normalized spacial score (nSPS) is 10.5. The van der Waals surface area contributed by atoms with Crippen LogP contribution in [-0.4, -0.2) is 34.2 Å². The highest BCUT2D eigenvalue weighted by Gasteiger charge is 2.38. The van der Waals surface area contributed by atoms with Gasteiger partial charge in [0, 0.05) is 12.1 Å². The van der Waals surface area contributed by atoms with Gasteiger partial charge in [-0.15, -0.1) is 10.2 Å². The number of hydrogen-bond donors (Lipinski definition) is 2. The standard InChI is InChI=1S/C12H11F3N4O2.O2S/c1-2-19-10(12(13,14)15)17-18-11(19)16-9(21)7-3-5-8(20)6-4-7;1-3-2/h3-6,20H,2H2,1H3,(H,16,18,21);. The lowest BCUT2D eigenvalue weighted by molar-refractivity contribution is -0.147. The number of nitrogens with zero attached hydrogens (tertiary/aromatic N) is 3. The van der Waals surface area contributed by atoms with Crippen molar-refractivity contribution in [2.24, 2.45) is 0 Å². The Hall–Kier alpha value is -2.76. The fourth-order valence-corrected chi connectivity index (χ4v) is 1.69. The molecule has 0 aliphatic carbocycles. The van der Waals surface area contributed by atoms with Crippen molar-refractivity contribution in [3.63, 3.8) is 0 Å². The van der Waals surface area contributed by atoms with Gasteiger partial charge in [-0.05, 0) is 31.2 Å². The van der Waals surface area contributed by atoms with Gasteiger partial charge in [-0.25, -0.2) is 0 Å². The Bertz CT molecular complexity index is 740. The van der Waals surface area contributed by atoms with Crippen LogP contribution >= 0.6 is 0 Å². The first-order valence-corrected chi connectivity index (χ1v) is 6.93. The molecule has 1 amide bonds. The molecule has 1 aromatic heterocycles. The molecule has 0 aliphatic rings. The number of aromatic hydroxyl groups is 1. The van der Waals surface area contributed by atoms with E-state index >= 15 is 0 Å². The van der Waals surface area contributed by atoms with E-state index in [1.807, 2.05) is 0 Å². The molecule has 0 fully saturated rings. The predicted molar refractivity (Wildman–Crippen MR) is 75.7 cm³/mol. The third-order valence-electron chi connectivity index (χ3n) is 2.68. The number of anilines is 1. The maximum atomic E-state index is 12.7. The topological polar surface area (TPSA) is 114 Å². The molecule has 0 atom stereocenters. The zero-order valence-corrected chi connectivity index (χ0v) is 12.9. The van der Waals surface area contributed by atoms with Crippen LogP contribution in [0.25, 0.3) is 0 Å². The molecule has 0 bridgehead atoms. The number of nitrogens with one attached hydrogen (secondary N) is 1. The zero-order valence-electron chi connectivity index (χ0n) is 12.1. The summed E-state index contributed by atoms with van der Waals surface area (Å²) in [5, 5.41) is 17.8. The van der Waals surface area contributed by atoms with E-state index in [1.165, 1.54) is 31.2 Å². The van der Waals surface area contributed by atoms with Crippen molar-refractivity contribution in [1.82, 2.24) is 14.8 Å². The molecule has 130 valence electrons. The van der Waals surface area contributed by atoms with Gasteiger partial charge in [-0.3, -0.25) is 14.7 Å². The van der Waals surface area contributed by atoms with Crippen LogP contribution in [-0.2, 0) is 24.3 Å². The van der Waals surface area contributed by atoms with E-state index in [2.05, 4.69) is 15.5 Å². The number of phenols is 1. The fourth-order valence-electron chi connectivity index (χ4n) is 1.69. The average Bonchev–Trinajstić information content (AvgIpc) is 2.91. The number of carbonyl (C=O) groups is 1. The Morgan fingerprint density at radius 2 is 1.79 bits per heavy atom. The van der Waals surface area contributed by atoms with Crippen molar-refractivity contribution in [2.75, 3.05) is 5.32 Å². The molecule has 0 saturated carbocycles. The van der Waals surface area contributed by atoms with Crippen LogP contribution in [0.1, 0.15) is 23.1 Å². The van der Waals surface area contributed by atoms with E-state index in [0.717, 1.165) is 4.57 Å². The minimum absolute atomic E-state index is 0.0253. The molecule has 0 saturated heterocycles. The number of halogens is 3. The fraction of sp³-hybridized carbons (Fsp3) is 0.250. The summed E-state index contributed by atoms with van der Waals surface area (Å²) in [7, 11) is 0. The largest absolute Gasteiger partial charge is 0.508 e. The second kappa shape index (κ2) is 8.19. The maximum absolute atomic E-state index is 12.7. The van der Waals surface area contributed by atoms with Crippen LogP contribution in [0.5, 0.6) is 5.75 Å². The van der Waals surface area contributed by atoms with Gasteiger partial charge in [-0.2, -0.15) is 21.6 Å². The Labute approximate surface area is 136 Å². The van der Waals surface area contributed by atoms with E-state index in [-0.39, 0.29) is 23.8 Å². The van der Waals surface area contributed by atoms with Crippen molar-refractivity contribution < 1.29 is 31.5 Å². The highest BCUT2D eigenvalue weighted by atomic mass is 32.1. The highest BCUT2D eigenvalue weighted by molar-refractivity contribution is 7.51. The molecule has 1 heterocycles. The Morgan fingerprint density at radius 3 is 2.25 bits per heavy atom. The minimum Gasteiger partial charge on any atom is -0.508 e. The molecule has 0 aliphatic heterocycles. The summed E-state index contributed by atoms with van der Waals surface area (Å²) in [6.07, 6.45) is -4.65. The molecular weight excluding hydrogens is 353 g/mol. The Balaban J connectivity index is 0.000000891. The van der Waals surface area contributed by atoms with Gasteiger partial charge in [0.2, 0.25) is 11.8 Å². The number of rotatable bonds is 3. The highest BCUT2D eigenvalue weighted by Crippen LogP contribution is 2.29. The van der Waals surface area contributed by atoms with Gasteiger partial charge in [-0.1, -0.05) is 0 Å². The number of benzene rings is 1. The van der Waals surface area contributed by atoms with E-state index < -0.39 is 29.5 Å². The van der Waals surface area contributed by atoms with Gasteiger partial charge in [0.15, 0.2) is 0 Å². The van der Waals surface area contributed by atoms with Crippen molar-refractivity contribution in [1.29, 1.82) is 0 Å². The number of hydrogen-bond acceptors (Lipinski definition) is 6. The lowest BCUT2D eigenvalue weighted by Crippen LogP contribution is -2.19. The lowest BCUT2D eigenvalue weighted by atomic mass is 10.2. The maximum Gasteiger partial charge on any atom is 0.451 e. The average molecular weight is 364 g/mol. The number of amides is 1. The third-order valence-corrected chi connectivity index (χ3v) is 2.68. The summed E-state index contributed by atoms with van der Waals surface area (Å²) >= 11 is -0.750. The molecule has 2 N–H and O–H groups in total. The second-order valence-corrected chi connectivity index (χ2v) is 4.29. The Morgan fingerprint density at radius 1 is 1.25 bits per heavy atom. The van der Waals surface area contributed by atoms with Crippen LogP contribution in [0.4, 0.5) is 19.1 Å². The van der Waals surface area contributed by atoms with Crippen molar-refractivity contribution in [3.05, 3.63) is 35.7 Å². The number of aromatic nitrogens is 3. The van der Waals surface area contributed by atoms with Crippen molar-refractivity contribution >= 4 is 23.4 Å². The summed E-state index contributed by atoms with van der Waals surface area (Å²) in [6.45, 7) is 1.43. The summed E-state index contributed by atoms with van der Waals surface area (Å²) in [5.74, 6) is -2.14. The summed E-state index contributed by atoms with van der Waals surface area (Å²) in [6, 6.07) is 5.26. The minimum atomic E-state index is -4.65. The Kier molecular flexibility index (Phi) is 6.58. The van der Waals surface area contributed by atoms with Crippen LogP contribution in [0.2, 0.25) is 0 Å². The van der Waals surface area contributed by atoms with Crippen LogP contribution in [0, 0.1) is 0 Å². The quantitative estimate of drug-likeness (QED) is 0.855. The number of carbonyl (C=O) groups excluding carboxylic acids is 1. The van der Waals surface area contributed by atoms with E-state index in [0.29, 0.717) is 0 Å². The molecule has 24 heavy (non-hydrogen) atoms. The lowest BCUT2D eigenvalue weighted by Gasteiger charge is -2.10. The first kappa shape index (κ1) is 19.3. The molecule has 0 radical (unpaired) electrons. The predicted octanol–water partition coefficient (Wildman–Crippen LogP) is 1.60. The SMILES string of the molecule is CCn1c(NC(=O)c2ccc(O)cc2)nnc1C(F)(F)F.O=S=O. The first-order chi connectivity index (χ1) is 11.2. The van der Waals surface area contributed by atoms with Gasteiger partial charge in [0.1, 0.15) is 5.75 Å². The van der Waals surface area contributed by atoms with E-state index in [4.69, 9.17) is 13.5 Å². The molecule has 2 rings (SSSR count). The monoisotopic (exact) mass is 364 g/mol. The van der Waals surface area contributed by atoms with E-state index in [1.54, 1.807) is 0 Å². The second-order valence-electron chi connectivity index (χ2n) is 4.16. The van der Waals surface area contributed by atoms with Crippen LogP contribution in [0.15, 0.2) is 24.3 Å². The summed E-state index contributed by atoms with van der Waals surface area (Å²) in [5.41, 5.74) is 0.173. The summed E-state index contributed by atoms with van der Waals surface area (Å²) < 4.78 is 55.4. The number of phenolic OH excluding ortho intramolecular Hbond substituents is 1. The van der Waals surface area contributed by atoms with Crippen molar-refractivity contribution in [2.45, 2.75) is 19.6 Å². The van der Waals surface area contributed by atoms with Gasteiger partial charge < -0.3 is 5.11 Å². The van der Waals surface area contributed by atoms with Crippen LogP contribution in [0.3, 0.4) is 0 Å². The van der Waals surface area contributed by atoms with Gasteiger partial charge in [0.05, 0.1) is 0 Å². The molecule has 12 heteroatoms. The van der Waals surface area contributed by atoms with Gasteiger partial charge in [0.25, 0.3) is 5.91 Å². The number of alkyl halides is 3. The first-order valence-electron chi connectivity index (χ1n) is 6.27. The molecule has 0 spiro atoms. The molecule has 0 unspecified atom stereocenters. The van der Waals surface area contributed by atoms with Gasteiger partial charge >= 0.3 is 17.7 Å². The van der Waals surface area contributed by atoms with E-state index in [9.17, 15) is 18.0 Å². The smallest absolute Gasteiger partial charge is 0.451 e. The third kappa shape index (κ3) is 4.87. The molecule has 8 nitrogen and oxygen atoms in total.